The van der Waals surface area contributed by atoms with Gasteiger partial charge in [-0.05, 0) is 49.2 Å². The van der Waals surface area contributed by atoms with Crippen LogP contribution >= 0.6 is 15.9 Å². The van der Waals surface area contributed by atoms with Crippen LogP contribution in [0.3, 0.4) is 0 Å². The first kappa shape index (κ1) is 18.2. The maximum Gasteiger partial charge on any atom is 0.344 e. The summed E-state index contributed by atoms with van der Waals surface area (Å²) < 4.78 is 16.9. The van der Waals surface area contributed by atoms with Crippen LogP contribution in [0.25, 0.3) is 11.0 Å². The van der Waals surface area contributed by atoms with Gasteiger partial charge in [-0.3, -0.25) is 0 Å². The number of carbonyl (C=O) groups excluding carboxylic acids is 1. The number of hydrogen-bond donors (Lipinski definition) is 0. The molecule has 2 aromatic carbocycles. The first-order chi connectivity index (χ1) is 12.4. The monoisotopic (exact) mass is 416 g/mol. The molecule has 3 aromatic rings. The lowest BCUT2D eigenvalue weighted by Gasteiger charge is -2.10. The minimum absolute atomic E-state index is 0.0207. The average Bonchev–Trinajstić information content (AvgIpc) is 2.62. The minimum atomic E-state index is -0.516. The van der Waals surface area contributed by atoms with Crippen molar-refractivity contribution in [2.24, 2.45) is 0 Å². The summed E-state index contributed by atoms with van der Waals surface area (Å²) in [6.07, 6.45) is 0. The molecule has 0 atom stereocenters. The Morgan fingerprint density at radius 3 is 2.58 bits per heavy atom. The van der Waals surface area contributed by atoms with Gasteiger partial charge in [0.1, 0.15) is 17.9 Å². The van der Waals surface area contributed by atoms with Crippen molar-refractivity contribution in [3.05, 3.63) is 74.0 Å². The van der Waals surface area contributed by atoms with E-state index >= 15 is 0 Å². The molecule has 3 rings (SSSR count). The van der Waals surface area contributed by atoms with E-state index in [0.29, 0.717) is 16.9 Å². The molecule has 0 unspecified atom stereocenters. The zero-order chi connectivity index (χ0) is 18.7. The standard InChI is InChI=1S/C20H17BrO5/c1-12-3-8-17-14(9-18(22)26-20(17)13(12)2)10-25-19(23)11-24-16-6-4-15(21)5-7-16/h3-9H,10-11H2,1-2H3. The average molecular weight is 417 g/mol. The Morgan fingerprint density at radius 2 is 1.85 bits per heavy atom. The Labute approximate surface area is 158 Å². The predicted molar refractivity (Wildman–Crippen MR) is 101 cm³/mol. The summed E-state index contributed by atoms with van der Waals surface area (Å²) in [7, 11) is 0. The Bertz CT molecular complexity index is 1010. The fourth-order valence-electron chi connectivity index (χ4n) is 2.52. The van der Waals surface area contributed by atoms with Gasteiger partial charge in [-0.25, -0.2) is 9.59 Å². The van der Waals surface area contributed by atoms with E-state index in [4.69, 9.17) is 13.9 Å². The Hall–Kier alpha value is -2.60. The van der Waals surface area contributed by atoms with Crippen molar-refractivity contribution in [3.8, 4) is 5.75 Å². The molecule has 134 valence electrons. The summed E-state index contributed by atoms with van der Waals surface area (Å²) >= 11 is 3.33. The van der Waals surface area contributed by atoms with Gasteiger partial charge in [-0.15, -0.1) is 0 Å². The minimum Gasteiger partial charge on any atom is -0.482 e. The number of aryl methyl sites for hydroxylation is 2. The van der Waals surface area contributed by atoms with Crippen LogP contribution in [0.2, 0.25) is 0 Å². The molecule has 26 heavy (non-hydrogen) atoms. The number of rotatable bonds is 5. The van der Waals surface area contributed by atoms with E-state index in [0.717, 1.165) is 21.0 Å². The van der Waals surface area contributed by atoms with Crippen LogP contribution in [0.4, 0.5) is 0 Å². The Balaban J connectivity index is 1.69. The van der Waals surface area contributed by atoms with Crippen molar-refractivity contribution in [3.63, 3.8) is 0 Å². The number of fused-ring (bicyclic) bond motifs is 1. The molecule has 0 bridgehead atoms. The molecular formula is C20H17BrO5. The largest absolute Gasteiger partial charge is 0.482 e. The number of esters is 1. The zero-order valence-corrected chi connectivity index (χ0v) is 16.0. The van der Waals surface area contributed by atoms with Crippen molar-refractivity contribution in [1.29, 1.82) is 0 Å². The molecule has 0 N–H and O–H groups in total. The third kappa shape index (κ3) is 4.14. The van der Waals surface area contributed by atoms with Gasteiger partial charge in [0.25, 0.3) is 0 Å². The topological polar surface area (TPSA) is 65.7 Å². The number of ether oxygens (including phenoxy) is 2. The van der Waals surface area contributed by atoms with Crippen LogP contribution in [-0.4, -0.2) is 12.6 Å². The van der Waals surface area contributed by atoms with Gasteiger partial charge in [0.15, 0.2) is 6.61 Å². The maximum absolute atomic E-state index is 11.9. The second-order valence-corrected chi connectivity index (χ2v) is 6.79. The highest BCUT2D eigenvalue weighted by Crippen LogP contribution is 2.23. The molecule has 0 fully saturated rings. The van der Waals surface area contributed by atoms with Crippen molar-refractivity contribution in [2.75, 3.05) is 6.61 Å². The molecular weight excluding hydrogens is 400 g/mol. The summed E-state index contributed by atoms with van der Waals surface area (Å²) in [6, 6.07) is 12.3. The molecule has 1 aromatic heterocycles. The van der Waals surface area contributed by atoms with Gasteiger partial charge in [-0.2, -0.15) is 0 Å². The van der Waals surface area contributed by atoms with Crippen LogP contribution in [0, 0.1) is 13.8 Å². The summed E-state index contributed by atoms with van der Waals surface area (Å²) in [5.41, 5.74) is 2.58. The van der Waals surface area contributed by atoms with E-state index in [-0.39, 0.29) is 13.2 Å². The third-order valence-electron chi connectivity index (χ3n) is 4.08. The molecule has 1 heterocycles. The van der Waals surface area contributed by atoms with E-state index in [9.17, 15) is 9.59 Å². The lowest BCUT2D eigenvalue weighted by Crippen LogP contribution is -2.15. The van der Waals surface area contributed by atoms with E-state index in [2.05, 4.69) is 15.9 Å². The van der Waals surface area contributed by atoms with E-state index in [1.165, 1.54) is 6.07 Å². The lowest BCUT2D eigenvalue weighted by atomic mass is 10.0. The first-order valence-electron chi connectivity index (χ1n) is 8.01. The van der Waals surface area contributed by atoms with Gasteiger partial charge in [-0.1, -0.05) is 28.1 Å². The summed E-state index contributed by atoms with van der Waals surface area (Å²) in [5.74, 6) is 0.0557. The Morgan fingerprint density at radius 1 is 1.12 bits per heavy atom. The third-order valence-corrected chi connectivity index (χ3v) is 4.61. The smallest absolute Gasteiger partial charge is 0.344 e. The zero-order valence-electron chi connectivity index (χ0n) is 14.4. The molecule has 5 nitrogen and oxygen atoms in total. The molecule has 0 radical (unpaired) electrons. The molecule has 0 aliphatic rings. The highest BCUT2D eigenvalue weighted by molar-refractivity contribution is 9.10. The number of hydrogen-bond acceptors (Lipinski definition) is 5. The fourth-order valence-corrected chi connectivity index (χ4v) is 2.78. The van der Waals surface area contributed by atoms with Gasteiger partial charge in [0.05, 0.1) is 0 Å². The second kappa shape index (κ2) is 7.74. The number of carbonyl (C=O) groups is 1. The van der Waals surface area contributed by atoms with Crippen molar-refractivity contribution < 1.29 is 18.7 Å². The van der Waals surface area contributed by atoms with Crippen molar-refractivity contribution in [2.45, 2.75) is 20.5 Å². The molecule has 0 saturated heterocycles. The lowest BCUT2D eigenvalue weighted by molar-refractivity contribution is -0.147. The van der Waals surface area contributed by atoms with Gasteiger partial charge in [0, 0.05) is 21.5 Å². The summed E-state index contributed by atoms with van der Waals surface area (Å²) in [6.45, 7) is 3.61. The fraction of sp³-hybridized carbons (Fsp3) is 0.200. The van der Waals surface area contributed by atoms with E-state index in [1.54, 1.807) is 12.1 Å². The SMILES string of the molecule is Cc1ccc2c(COC(=O)COc3ccc(Br)cc3)cc(=O)oc2c1C. The molecule has 6 heteroatoms. The predicted octanol–water partition coefficient (Wildman–Crippen LogP) is 4.29. The summed E-state index contributed by atoms with van der Waals surface area (Å²) in [5, 5.41) is 0.759. The quantitative estimate of drug-likeness (QED) is 0.458. The molecule has 0 saturated carbocycles. The van der Waals surface area contributed by atoms with Crippen LogP contribution in [0.15, 0.2) is 56.1 Å². The highest BCUT2D eigenvalue weighted by atomic mass is 79.9. The maximum atomic E-state index is 11.9. The van der Waals surface area contributed by atoms with Crippen molar-refractivity contribution >= 4 is 32.9 Å². The van der Waals surface area contributed by atoms with Gasteiger partial charge < -0.3 is 13.9 Å². The Kier molecular flexibility index (Phi) is 5.42. The normalized spacial score (nSPS) is 10.7. The van der Waals surface area contributed by atoms with E-state index < -0.39 is 11.6 Å². The van der Waals surface area contributed by atoms with Gasteiger partial charge >= 0.3 is 11.6 Å². The van der Waals surface area contributed by atoms with Crippen LogP contribution in [0.5, 0.6) is 5.75 Å². The van der Waals surface area contributed by atoms with E-state index in [1.807, 2.05) is 38.1 Å². The van der Waals surface area contributed by atoms with Crippen molar-refractivity contribution in [1.82, 2.24) is 0 Å². The van der Waals surface area contributed by atoms with Crippen LogP contribution in [-0.2, 0) is 16.1 Å². The molecule has 0 aliphatic carbocycles. The highest BCUT2D eigenvalue weighted by Gasteiger charge is 2.12. The van der Waals surface area contributed by atoms with Crippen LogP contribution < -0.4 is 10.4 Å². The van der Waals surface area contributed by atoms with Crippen LogP contribution in [0.1, 0.15) is 16.7 Å². The molecule has 0 spiro atoms. The summed E-state index contributed by atoms with van der Waals surface area (Å²) in [4.78, 5) is 23.8. The first-order valence-corrected chi connectivity index (χ1v) is 8.80. The number of benzene rings is 2. The van der Waals surface area contributed by atoms with Gasteiger partial charge in [0.2, 0.25) is 0 Å². The second-order valence-electron chi connectivity index (χ2n) is 5.88. The number of halogens is 1. The molecule has 0 amide bonds. The molecule has 0 aliphatic heterocycles.